The van der Waals surface area contributed by atoms with E-state index in [0.717, 1.165) is 26.2 Å². The summed E-state index contributed by atoms with van der Waals surface area (Å²) >= 11 is 0. The van der Waals surface area contributed by atoms with Crippen molar-refractivity contribution in [3.05, 3.63) is 41.7 Å². The molecule has 0 aromatic heterocycles. The normalized spacial score (nSPS) is 31.3. The molecule has 2 fully saturated rings. The van der Waals surface area contributed by atoms with E-state index >= 15 is 0 Å². The van der Waals surface area contributed by atoms with Gasteiger partial charge in [-0.15, -0.1) is 0 Å². The number of rotatable bonds is 5. The Hall–Kier alpha value is -2.13. The molecule has 0 spiro atoms. The fourth-order valence-corrected chi connectivity index (χ4v) is 5.46. The maximum atomic E-state index is 14.1. The number of piperazine rings is 1. The topological polar surface area (TPSA) is 68.3 Å². The summed E-state index contributed by atoms with van der Waals surface area (Å²) in [5, 5.41) is 0. The SMILES string of the molecule is CO[C@@]12OO[C@](C)(CCN3CCN(c4ccccc4F)CC3)C=C1C(=O)C(C)(C)C(=O)C2(C)C. The van der Waals surface area contributed by atoms with Gasteiger partial charge in [0.25, 0.3) is 0 Å². The minimum atomic E-state index is -1.58. The van der Waals surface area contributed by atoms with Crippen LogP contribution in [0.2, 0.25) is 0 Å². The zero-order valence-corrected chi connectivity index (χ0v) is 20.9. The fourth-order valence-electron chi connectivity index (χ4n) is 5.46. The third-order valence-electron chi connectivity index (χ3n) is 7.70. The lowest BCUT2D eigenvalue weighted by Crippen LogP contribution is -2.67. The van der Waals surface area contributed by atoms with Crippen LogP contribution in [0.1, 0.15) is 41.0 Å². The molecule has 2 aliphatic heterocycles. The van der Waals surface area contributed by atoms with Gasteiger partial charge in [0.05, 0.1) is 22.1 Å². The number of halogens is 1. The molecule has 186 valence electrons. The van der Waals surface area contributed by atoms with Crippen molar-refractivity contribution in [1.29, 1.82) is 0 Å². The van der Waals surface area contributed by atoms with Crippen LogP contribution in [-0.2, 0) is 24.1 Å². The van der Waals surface area contributed by atoms with Crippen LogP contribution in [0.25, 0.3) is 0 Å². The van der Waals surface area contributed by atoms with E-state index in [2.05, 4.69) is 9.80 Å². The van der Waals surface area contributed by atoms with Crippen LogP contribution < -0.4 is 4.90 Å². The molecule has 3 aliphatic rings. The number of anilines is 1. The Kier molecular flexibility index (Phi) is 6.26. The second-order valence-electron chi connectivity index (χ2n) is 10.8. The molecule has 1 aromatic carbocycles. The maximum absolute atomic E-state index is 14.1. The van der Waals surface area contributed by atoms with Crippen molar-refractivity contribution in [2.24, 2.45) is 10.8 Å². The van der Waals surface area contributed by atoms with Gasteiger partial charge in [-0.2, -0.15) is 4.89 Å². The minimum Gasteiger partial charge on any atom is -0.367 e. The number of ether oxygens (including phenoxy) is 1. The molecule has 1 aromatic rings. The number of carbonyl (C=O) groups is 2. The molecule has 0 N–H and O–H groups in total. The second kappa shape index (κ2) is 8.52. The van der Waals surface area contributed by atoms with Crippen LogP contribution in [0.15, 0.2) is 35.9 Å². The number of para-hydroxylation sites is 1. The van der Waals surface area contributed by atoms with Gasteiger partial charge in [0, 0.05) is 39.8 Å². The van der Waals surface area contributed by atoms with Crippen LogP contribution in [0, 0.1) is 16.6 Å². The van der Waals surface area contributed by atoms with E-state index in [0.29, 0.717) is 24.2 Å². The third-order valence-corrected chi connectivity index (χ3v) is 7.70. The predicted molar refractivity (Wildman–Crippen MR) is 126 cm³/mol. The molecule has 1 saturated carbocycles. The van der Waals surface area contributed by atoms with E-state index in [-0.39, 0.29) is 17.4 Å². The Morgan fingerprint density at radius 3 is 2.26 bits per heavy atom. The van der Waals surface area contributed by atoms with Gasteiger partial charge in [-0.3, -0.25) is 14.5 Å². The molecule has 2 atom stereocenters. The number of hydrogen-bond acceptors (Lipinski definition) is 7. The number of fused-ring (bicyclic) bond motifs is 1. The summed E-state index contributed by atoms with van der Waals surface area (Å²) in [6.07, 6.45) is 2.37. The maximum Gasteiger partial charge on any atom is 0.242 e. The highest BCUT2D eigenvalue weighted by atomic mass is 19.1. The first-order chi connectivity index (χ1) is 15.9. The first-order valence-electron chi connectivity index (χ1n) is 11.8. The zero-order valence-electron chi connectivity index (χ0n) is 20.9. The molecule has 2 heterocycles. The van der Waals surface area contributed by atoms with Gasteiger partial charge in [0.1, 0.15) is 11.4 Å². The first-order valence-corrected chi connectivity index (χ1v) is 11.8. The van der Waals surface area contributed by atoms with Crippen molar-refractivity contribution in [2.45, 2.75) is 52.4 Å². The van der Waals surface area contributed by atoms with Gasteiger partial charge in [0.15, 0.2) is 11.6 Å². The van der Waals surface area contributed by atoms with Crippen LogP contribution >= 0.6 is 0 Å². The second-order valence-corrected chi connectivity index (χ2v) is 10.8. The first kappa shape index (κ1) is 25.0. The highest BCUT2D eigenvalue weighted by Gasteiger charge is 2.68. The van der Waals surface area contributed by atoms with Crippen molar-refractivity contribution in [1.82, 2.24) is 4.90 Å². The van der Waals surface area contributed by atoms with E-state index in [4.69, 9.17) is 14.5 Å². The summed E-state index contributed by atoms with van der Waals surface area (Å²) in [6, 6.07) is 6.84. The minimum absolute atomic E-state index is 0.203. The molecule has 0 amide bonds. The predicted octanol–water partition coefficient (Wildman–Crippen LogP) is 3.53. The van der Waals surface area contributed by atoms with Gasteiger partial charge in [-0.05, 0) is 59.2 Å². The van der Waals surface area contributed by atoms with Gasteiger partial charge in [0.2, 0.25) is 5.79 Å². The molecule has 34 heavy (non-hydrogen) atoms. The van der Waals surface area contributed by atoms with Crippen molar-refractivity contribution >= 4 is 17.3 Å². The van der Waals surface area contributed by atoms with Crippen molar-refractivity contribution in [3.63, 3.8) is 0 Å². The van der Waals surface area contributed by atoms with Gasteiger partial charge in [-0.25, -0.2) is 9.28 Å². The van der Waals surface area contributed by atoms with Gasteiger partial charge < -0.3 is 9.64 Å². The summed E-state index contributed by atoms with van der Waals surface area (Å²) in [6.45, 7) is 12.4. The number of hydrogen-bond donors (Lipinski definition) is 0. The number of methoxy groups -OCH3 is 1. The monoisotopic (exact) mass is 474 g/mol. The molecule has 8 heteroatoms. The Balaban J connectivity index is 1.48. The Morgan fingerprint density at radius 2 is 1.65 bits per heavy atom. The van der Waals surface area contributed by atoms with Crippen LogP contribution in [-0.4, -0.2) is 67.7 Å². The highest BCUT2D eigenvalue weighted by Crippen LogP contribution is 2.54. The summed E-state index contributed by atoms with van der Waals surface area (Å²) in [5.41, 5.74) is -2.18. The lowest BCUT2D eigenvalue weighted by atomic mass is 9.57. The van der Waals surface area contributed by atoms with E-state index in [1.165, 1.54) is 13.2 Å². The lowest BCUT2D eigenvalue weighted by molar-refractivity contribution is -0.469. The number of nitrogens with zero attached hydrogens (tertiary/aromatic N) is 2. The largest absolute Gasteiger partial charge is 0.367 e. The summed E-state index contributed by atoms with van der Waals surface area (Å²) in [7, 11) is 1.43. The number of carbonyl (C=O) groups excluding carboxylic acids is 2. The molecule has 0 bridgehead atoms. The van der Waals surface area contributed by atoms with Crippen LogP contribution in [0.5, 0.6) is 0 Å². The van der Waals surface area contributed by atoms with Crippen molar-refractivity contribution < 1.29 is 28.5 Å². The average Bonchev–Trinajstić information content (AvgIpc) is 2.82. The fraction of sp³-hybridized carbons (Fsp3) is 0.615. The molecule has 0 radical (unpaired) electrons. The quantitative estimate of drug-likeness (QED) is 0.478. The molecular weight excluding hydrogens is 439 g/mol. The Labute approximate surface area is 200 Å². The summed E-state index contributed by atoms with van der Waals surface area (Å²) < 4.78 is 19.8. The van der Waals surface area contributed by atoms with E-state index in [1.807, 2.05) is 19.1 Å². The summed E-state index contributed by atoms with van der Waals surface area (Å²) in [5.74, 6) is -2.33. The summed E-state index contributed by atoms with van der Waals surface area (Å²) in [4.78, 5) is 42.5. The van der Waals surface area contributed by atoms with Crippen molar-refractivity contribution in [3.8, 4) is 0 Å². The smallest absolute Gasteiger partial charge is 0.242 e. The van der Waals surface area contributed by atoms with Gasteiger partial charge >= 0.3 is 0 Å². The Morgan fingerprint density at radius 1 is 1.00 bits per heavy atom. The molecule has 7 nitrogen and oxygen atoms in total. The Bertz CT molecular complexity index is 1010. The van der Waals surface area contributed by atoms with E-state index in [9.17, 15) is 14.0 Å². The van der Waals surface area contributed by atoms with Crippen LogP contribution in [0.3, 0.4) is 0 Å². The lowest BCUT2D eigenvalue weighted by Gasteiger charge is -2.54. The molecular formula is C26H35FN2O5. The zero-order chi connectivity index (χ0) is 24.9. The number of benzene rings is 1. The number of Topliss-reactive ketones (excluding diaryl/α,β-unsaturated/α-hetero) is 2. The van der Waals surface area contributed by atoms with Crippen LogP contribution in [0.4, 0.5) is 10.1 Å². The van der Waals surface area contributed by atoms with Crippen molar-refractivity contribution in [2.75, 3.05) is 44.7 Å². The number of ketones is 2. The molecule has 1 saturated heterocycles. The van der Waals surface area contributed by atoms with E-state index < -0.39 is 22.2 Å². The molecule has 0 unspecified atom stereocenters. The van der Waals surface area contributed by atoms with Gasteiger partial charge in [-0.1, -0.05) is 12.1 Å². The molecule has 1 aliphatic carbocycles. The highest BCUT2D eigenvalue weighted by molar-refractivity contribution is 6.19. The molecule has 4 rings (SSSR count). The third kappa shape index (κ3) is 3.81. The van der Waals surface area contributed by atoms with E-state index in [1.54, 1.807) is 39.8 Å². The standard InChI is InChI=1S/C26H35FN2O5/c1-23(2)21(30)18-17-25(5,33-34-26(18,32-6)24(3,4)22(23)31)11-12-28-13-15-29(16-14-28)20-10-8-7-9-19(20)27/h7-10,17H,11-16H2,1-6H3/t25-,26-/m1/s1. The average molecular weight is 475 g/mol.